The van der Waals surface area contributed by atoms with Crippen molar-refractivity contribution in [2.75, 3.05) is 19.0 Å². The predicted molar refractivity (Wildman–Crippen MR) is 301 cm³/mol. The lowest BCUT2D eigenvalue weighted by molar-refractivity contribution is -0.114. The van der Waals surface area contributed by atoms with Crippen LogP contribution in [0.15, 0.2) is 97.2 Å². The summed E-state index contributed by atoms with van der Waals surface area (Å²) in [5.41, 5.74) is 21.5. The number of aromatic hydroxyl groups is 2. The summed E-state index contributed by atoms with van der Waals surface area (Å²) in [5, 5.41) is 56.6. The van der Waals surface area contributed by atoms with E-state index in [1.165, 1.54) is 11.1 Å². The van der Waals surface area contributed by atoms with Crippen molar-refractivity contribution in [3.63, 3.8) is 0 Å². The van der Waals surface area contributed by atoms with E-state index in [0.29, 0.717) is 72.0 Å². The minimum Gasteiger partial charge on any atom is -0.508 e. The summed E-state index contributed by atoms with van der Waals surface area (Å²) in [6.07, 6.45) is 12.6. The van der Waals surface area contributed by atoms with Crippen molar-refractivity contribution in [2.45, 2.75) is 133 Å². The van der Waals surface area contributed by atoms with Gasteiger partial charge in [-0.15, -0.1) is 0 Å². The SMILES string of the molecule is CC(O)CC(CC1CCC23CSSCc4cc5c(cc4C(N)N)C#CCc4[nH]ccc4C(=O)CC5c4cc(ccc4O)CCOc4cc(ccc4O)CCC(=O)C=CC1(CC2O)C3)C1CCC(CO)c2ccccc2C1. The van der Waals surface area contributed by atoms with Crippen molar-refractivity contribution >= 4 is 33.2 Å². The number of phenols is 2. The zero-order chi connectivity index (χ0) is 53.1. The fourth-order valence-electron chi connectivity index (χ4n) is 13.8. The molecule has 2 heterocycles. The van der Waals surface area contributed by atoms with Crippen LogP contribution in [0.5, 0.6) is 17.2 Å². The van der Waals surface area contributed by atoms with Crippen LogP contribution in [0.2, 0.25) is 0 Å². The molecule has 4 aliphatic carbocycles. The largest absolute Gasteiger partial charge is 0.508 e. The Morgan fingerprint density at radius 3 is 2.51 bits per heavy atom. The highest BCUT2D eigenvalue weighted by Gasteiger charge is 2.59. The summed E-state index contributed by atoms with van der Waals surface area (Å²) in [5.74, 6) is 8.38. The minimum atomic E-state index is -0.812. The maximum atomic E-state index is 14.3. The molecule has 9 unspecified atom stereocenters. The summed E-state index contributed by atoms with van der Waals surface area (Å²) in [6, 6.07) is 25.0. The van der Waals surface area contributed by atoms with Crippen LogP contribution in [-0.4, -0.2) is 73.3 Å². The number of Topliss-reactive ketones (excluding diaryl/α,β-unsaturated/α-hetero) is 1. The molecule has 0 saturated heterocycles. The maximum absolute atomic E-state index is 14.3. The van der Waals surface area contributed by atoms with Crippen LogP contribution in [0.3, 0.4) is 0 Å². The number of aliphatic hydroxyl groups excluding tert-OH is 3. The van der Waals surface area contributed by atoms with E-state index in [4.69, 9.17) is 16.2 Å². The first-order chi connectivity index (χ1) is 36.7. The van der Waals surface area contributed by atoms with Gasteiger partial charge in [0.15, 0.2) is 23.1 Å². The van der Waals surface area contributed by atoms with Crippen LogP contribution in [0.4, 0.5) is 0 Å². The van der Waals surface area contributed by atoms with Gasteiger partial charge in [0.05, 0.1) is 31.4 Å². The summed E-state index contributed by atoms with van der Waals surface area (Å²) in [4.78, 5) is 31.6. The Labute approximate surface area is 455 Å². The number of aromatic nitrogens is 1. The molecule has 5 aliphatic rings. The van der Waals surface area contributed by atoms with Gasteiger partial charge in [0.2, 0.25) is 0 Å². The molecular weight excluding hydrogens is 991 g/mol. The Bertz CT molecular complexity index is 3030. The van der Waals surface area contributed by atoms with Crippen molar-refractivity contribution in [1.82, 2.24) is 4.98 Å². The van der Waals surface area contributed by atoms with Gasteiger partial charge in [-0.1, -0.05) is 88.0 Å². The van der Waals surface area contributed by atoms with E-state index in [2.05, 4.69) is 53.2 Å². The summed E-state index contributed by atoms with van der Waals surface area (Å²) >= 11 is 0. The molecule has 5 aromatic rings. The van der Waals surface area contributed by atoms with Crippen LogP contribution in [0.25, 0.3) is 0 Å². The van der Waals surface area contributed by atoms with Gasteiger partial charge < -0.3 is 46.7 Å². The number of allylic oxidation sites excluding steroid dienone is 2. The molecule has 76 heavy (non-hydrogen) atoms. The molecule has 0 radical (unpaired) electrons. The molecule has 4 aromatic carbocycles. The van der Waals surface area contributed by atoms with Gasteiger partial charge in [-0.25, -0.2) is 0 Å². The number of phenolic OH excluding ortho intramolecular Hbond substituents is 2. The Balaban J connectivity index is 0.997. The summed E-state index contributed by atoms with van der Waals surface area (Å²) in [6.45, 7) is 2.20. The molecule has 13 heteroatoms. The lowest BCUT2D eigenvalue weighted by Crippen LogP contribution is -2.39. The minimum absolute atomic E-state index is 0.00351. The van der Waals surface area contributed by atoms with Gasteiger partial charge in [-0.2, -0.15) is 0 Å². The fraction of sp³-hybridized carbons (Fsp3) is 0.460. The van der Waals surface area contributed by atoms with E-state index in [9.17, 15) is 35.1 Å². The summed E-state index contributed by atoms with van der Waals surface area (Å²) < 4.78 is 6.22. The molecule has 8 bridgehead atoms. The van der Waals surface area contributed by atoms with Crippen LogP contribution >= 0.6 is 21.6 Å². The van der Waals surface area contributed by atoms with Crippen LogP contribution in [0.1, 0.15) is 155 Å². The van der Waals surface area contributed by atoms with E-state index in [1.54, 1.807) is 58.1 Å². The lowest BCUT2D eigenvalue weighted by Gasteiger charge is -2.46. The average Bonchev–Trinajstić information content (AvgIpc) is 3.96. The molecule has 1 aromatic heterocycles. The Morgan fingerprint density at radius 1 is 0.882 bits per heavy atom. The highest BCUT2D eigenvalue weighted by molar-refractivity contribution is 8.76. The number of ether oxygens (including phenoxy) is 1. The monoisotopic (exact) mass is 1060 g/mol. The zero-order valence-corrected chi connectivity index (χ0v) is 45.1. The Morgan fingerprint density at radius 2 is 1.70 bits per heavy atom. The number of hydrogen-bond donors (Lipinski definition) is 8. The molecule has 400 valence electrons. The number of fused-ring (bicyclic) bond motifs is 8. The molecule has 10 rings (SSSR count). The van der Waals surface area contributed by atoms with E-state index in [-0.39, 0.29) is 66.9 Å². The molecular formula is C63H73N3O8S2. The lowest BCUT2D eigenvalue weighted by atomic mass is 9.60. The molecule has 1 aliphatic heterocycles. The number of aryl methyl sites for hydroxylation is 1. The third-order valence-electron chi connectivity index (χ3n) is 17.8. The fourth-order valence-corrected chi connectivity index (χ4v) is 16.6. The first-order valence-corrected chi connectivity index (χ1v) is 29.8. The number of benzene rings is 4. The third-order valence-corrected chi connectivity index (χ3v) is 20.3. The number of carbonyl (C=O) groups excluding carboxylic acids is 2. The first kappa shape index (κ1) is 54.1. The van der Waals surface area contributed by atoms with Crippen molar-refractivity contribution in [3.8, 4) is 29.1 Å². The first-order valence-electron chi connectivity index (χ1n) is 27.4. The molecule has 0 amide bonds. The van der Waals surface area contributed by atoms with E-state index < -0.39 is 35.1 Å². The van der Waals surface area contributed by atoms with Crippen molar-refractivity contribution in [2.24, 2.45) is 40.1 Å². The van der Waals surface area contributed by atoms with Gasteiger partial charge in [-0.05, 0) is 170 Å². The van der Waals surface area contributed by atoms with Gasteiger partial charge in [0.25, 0.3) is 0 Å². The second kappa shape index (κ2) is 23.3. The van der Waals surface area contributed by atoms with Gasteiger partial charge in [0, 0.05) is 83.2 Å². The highest BCUT2D eigenvalue weighted by Crippen LogP contribution is 2.65. The standard InChI is InChI=1S/C63H73N3O8S2/c1-38(68)25-45(41-12-13-44(34-67)49-7-3-2-5-42(49)28-41)29-47-17-21-63-36-62(47,33-60(63)73)22-18-48(69)14-9-39-11-16-57(71)59(27-39)74-24-20-40-10-15-56(70)54(26-40)53-32-58(72)50-19-23-66-55(50)8-4-6-43-30-52(61(64)65)46(31-51(43)53)35-75-76-37-63/h2-3,5,7,10-11,15-16,18-19,22-23,26-27,30-31,38,41,44-45,47,53,60-61,66-68,70-71,73H,8-9,12-14,17,20-21,24-25,28-29,32-37,64-65H2,1H3. The van der Waals surface area contributed by atoms with Crippen LogP contribution in [-0.2, 0) is 36.2 Å². The van der Waals surface area contributed by atoms with Gasteiger partial charge in [0.1, 0.15) is 5.75 Å². The Hall–Kier alpha value is -5.30. The highest BCUT2D eigenvalue weighted by atomic mass is 33.1. The van der Waals surface area contributed by atoms with Crippen molar-refractivity contribution in [1.29, 1.82) is 0 Å². The smallest absolute Gasteiger partial charge is 0.165 e. The normalized spacial score (nSPS) is 26.8. The van der Waals surface area contributed by atoms with Crippen LogP contribution in [0, 0.1) is 40.4 Å². The number of ketones is 2. The number of hydrogen-bond acceptors (Lipinski definition) is 12. The number of carbonyl (C=O) groups is 2. The number of nitrogens with two attached hydrogens (primary N) is 2. The molecule has 10 N–H and O–H groups in total. The molecule has 2 fully saturated rings. The summed E-state index contributed by atoms with van der Waals surface area (Å²) in [7, 11) is 3.42. The Kier molecular flexibility index (Phi) is 16.6. The van der Waals surface area contributed by atoms with Gasteiger partial charge in [-0.3, -0.25) is 9.59 Å². The van der Waals surface area contributed by atoms with E-state index >= 15 is 0 Å². The van der Waals surface area contributed by atoms with Crippen molar-refractivity contribution < 1.29 is 39.9 Å². The number of aromatic amines is 1. The van der Waals surface area contributed by atoms with Crippen LogP contribution < -0.4 is 16.2 Å². The molecule has 2 saturated carbocycles. The molecule has 9 atom stereocenters. The topological polar surface area (TPSA) is 212 Å². The average molecular weight is 1060 g/mol. The zero-order valence-electron chi connectivity index (χ0n) is 43.5. The number of nitrogens with one attached hydrogen (secondary N) is 1. The molecule has 11 nitrogen and oxygen atoms in total. The van der Waals surface area contributed by atoms with E-state index in [1.807, 2.05) is 31.2 Å². The third kappa shape index (κ3) is 11.6. The van der Waals surface area contributed by atoms with E-state index in [0.717, 1.165) is 78.5 Å². The van der Waals surface area contributed by atoms with Gasteiger partial charge >= 0.3 is 0 Å². The second-order valence-electron chi connectivity index (χ2n) is 22.7. The number of rotatable bonds is 7. The predicted octanol–water partition coefficient (Wildman–Crippen LogP) is 10.3. The maximum Gasteiger partial charge on any atom is 0.165 e. The number of aliphatic hydroxyl groups is 3. The molecule has 0 spiro atoms. The quantitative estimate of drug-likeness (QED) is 0.0331. The second-order valence-corrected chi connectivity index (χ2v) is 25.2. The van der Waals surface area contributed by atoms with Crippen molar-refractivity contribution in [3.05, 3.63) is 159 Å². The number of H-pyrrole nitrogens is 1.